The van der Waals surface area contributed by atoms with Gasteiger partial charge in [0.15, 0.2) is 33.0 Å². The Morgan fingerprint density at radius 3 is 1.96 bits per heavy atom. The first-order chi connectivity index (χ1) is 24.1. The number of ether oxygens (including phenoxy) is 2. The molecule has 9 nitrogen and oxygen atoms in total. The van der Waals surface area contributed by atoms with Gasteiger partial charge in [-0.25, -0.2) is 26.9 Å². The van der Waals surface area contributed by atoms with Crippen molar-refractivity contribution in [2.75, 3.05) is 19.1 Å². The second-order valence-electron chi connectivity index (χ2n) is 12.7. The van der Waals surface area contributed by atoms with Crippen LogP contribution in [0.25, 0.3) is 0 Å². The molecule has 7 rings (SSSR count). The van der Waals surface area contributed by atoms with Gasteiger partial charge in [0, 0.05) is 23.6 Å². The second kappa shape index (κ2) is 11.9. The lowest BCUT2D eigenvalue weighted by Crippen LogP contribution is -2.60. The summed E-state index contributed by atoms with van der Waals surface area (Å²) in [5, 5.41) is 10.4. The van der Waals surface area contributed by atoms with E-state index in [1.807, 2.05) is 0 Å². The van der Waals surface area contributed by atoms with E-state index in [-0.39, 0.29) is 46.3 Å². The van der Waals surface area contributed by atoms with Gasteiger partial charge in [0.25, 0.3) is 11.8 Å². The maximum atomic E-state index is 15.3. The number of carbonyl (C=O) groups is 4. The van der Waals surface area contributed by atoms with Crippen molar-refractivity contribution >= 4 is 52.5 Å². The summed E-state index contributed by atoms with van der Waals surface area (Å²) >= 11 is 14.4. The average Bonchev–Trinajstić information content (AvgIpc) is 3.44. The number of methoxy groups -OCH3 is 2. The van der Waals surface area contributed by atoms with E-state index in [2.05, 4.69) is 0 Å². The zero-order valence-corrected chi connectivity index (χ0v) is 28.0. The van der Waals surface area contributed by atoms with E-state index in [0.717, 1.165) is 17.0 Å². The minimum Gasteiger partial charge on any atom is -0.508 e. The summed E-state index contributed by atoms with van der Waals surface area (Å²) in [6.45, 7) is -0.0759. The van der Waals surface area contributed by atoms with E-state index >= 15 is 8.78 Å². The Kier molecular flexibility index (Phi) is 8.14. The summed E-state index contributed by atoms with van der Waals surface area (Å²) in [5.41, 5.74) is -1.14. The number of fused-ring (bicyclic) bond motifs is 4. The van der Waals surface area contributed by atoms with Gasteiger partial charge in [-0.2, -0.15) is 0 Å². The number of hydrogen-bond donors (Lipinski definition) is 1. The Bertz CT molecular complexity index is 2050. The molecule has 0 unspecified atom stereocenters. The van der Waals surface area contributed by atoms with Crippen LogP contribution in [0.3, 0.4) is 0 Å². The summed E-state index contributed by atoms with van der Waals surface area (Å²) in [6, 6.07) is 10.9. The molecule has 4 amide bonds. The van der Waals surface area contributed by atoms with Gasteiger partial charge in [-0.05, 0) is 24.3 Å². The van der Waals surface area contributed by atoms with E-state index in [1.54, 1.807) is 36.4 Å². The number of halogens is 7. The smallest absolute Gasteiger partial charge is 0.258 e. The number of carbonyl (C=O) groups excluding carboxylic acids is 4. The summed E-state index contributed by atoms with van der Waals surface area (Å²) in [4.78, 5) is 52.1. The van der Waals surface area contributed by atoms with Crippen LogP contribution in [0.1, 0.15) is 29.9 Å². The number of nitrogens with zero attached hydrogens (tertiary/aromatic N) is 2. The van der Waals surface area contributed by atoms with Crippen LogP contribution in [0.15, 0.2) is 54.1 Å². The molecular weight excluding hydrogens is 726 g/mol. The van der Waals surface area contributed by atoms with E-state index in [1.165, 1.54) is 14.2 Å². The molecule has 3 aromatic rings. The molecule has 1 saturated carbocycles. The largest absolute Gasteiger partial charge is 0.508 e. The molecule has 0 bridgehead atoms. The first kappa shape index (κ1) is 34.7. The number of allylic oxidation sites excluding steroid dienone is 2. The fourth-order valence-electron chi connectivity index (χ4n) is 8.08. The number of hydrogen-bond acceptors (Lipinski definition) is 7. The van der Waals surface area contributed by atoms with Crippen LogP contribution in [0, 0.1) is 46.8 Å². The molecular formula is C35H25Cl2F5N2O7. The van der Waals surface area contributed by atoms with Crippen LogP contribution in [0.4, 0.5) is 27.6 Å². The van der Waals surface area contributed by atoms with Crippen molar-refractivity contribution in [1.29, 1.82) is 0 Å². The van der Waals surface area contributed by atoms with Gasteiger partial charge in [0.1, 0.15) is 22.9 Å². The third kappa shape index (κ3) is 4.57. The Morgan fingerprint density at radius 1 is 0.824 bits per heavy atom. The van der Waals surface area contributed by atoms with Crippen LogP contribution in [-0.4, -0.2) is 57.6 Å². The summed E-state index contributed by atoms with van der Waals surface area (Å²) < 4.78 is 84.7. The summed E-state index contributed by atoms with van der Waals surface area (Å²) in [7, 11) is 2.39. The Hall–Kier alpha value is -4.69. The standard InChI is InChI=1S/C35H25Cl2F5N2O7/c1-50-19-10-15(45)11-20(51-2)22(19)23-16-8-9-17-21(31(47)43(30(17)46)13-14-6-4-3-5-7-14)18(16)12-34(36)32(48)44(33(49)35(23,34)37)29-27(41)25(39)24(38)26(40)28(29)42/h3-8,10-11,17-18,21,23,45H,9,12-13H2,1-2H3/t17-,18+,21-,23+,34+,35-/m0/s1. The van der Waals surface area contributed by atoms with Crippen LogP contribution in [-0.2, 0) is 25.7 Å². The highest BCUT2D eigenvalue weighted by molar-refractivity contribution is 6.58. The van der Waals surface area contributed by atoms with Crippen LogP contribution >= 0.6 is 23.2 Å². The van der Waals surface area contributed by atoms with E-state index in [4.69, 9.17) is 32.7 Å². The van der Waals surface area contributed by atoms with Crippen LogP contribution < -0.4 is 14.4 Å². The lowest BCUT2D eigenvalue weighted by atomic mass is 9.56. The van der Waals surface area contributed by atoms with Crippen molar-refractivity contribution in [3.05, 3.63) is 94.3 Å². The molecule has 0 spiro atoms. The molecule has 6 atom stereocenters. The van der Waals surface area contributed by atoms with Gasteiger partial charge in [0.2, 0.25) is 17.6 Å². The highest BCUT2D eigenvalue weighted by Crippen LogP contribution is 2.67. The number of amides is 4. The molecule has 3 fully saturated rings. The Labute approximate surface area is 296 Å². The topological polar surface area (TPSA) is 113 Å². The fraction of sp³-hybridized carbons (Fsp3) is 0.314. The molecule has 2 aliphatic carbocycles. The number of aromatic hydroxyl groups is 1. The minimum atomic E-state index is -2.80. The molecule has 266 valence electrons. The van der Waals surface area contributed by atoms with Crippen molar-refractivity contribution < 1.29 is 55.7 Å². The SMILES string of the molecule is COc1cc(O)cc(OC)c1[C@H]1C2=CC[C@@H]3C(=O)N(Cc4ccccc4)C(=O)[C@@H]3[C@@H]2C[C@@]2(Cl)C(=O)N(c3c(F)c(F)c(F)c(F)c3F)C(=O)[C@@]12Cl. The molecule has 16 heteroatoms. The predicted molar refractivity (Wildman–Crippen MR) is 170 cm³/mol. The van der Waals surface area contributed by atoms with Gasteiger partial charge in [-0.3, -0.25) is 24.1 Å². The third-order valence-corrected chi connectivity index (χ3v) is 11.7. The number of rotatable bonds is 6. The molecule has 2 saturated heterocycles. The molecule has 4 aliphatic rings. The molecule has 51 heavy (non-hydrogen) atoms. The monoisotopic (exact) mass is 750 g/mol. The lowest BCUT2D eigenvalue weighted by Gasteiger charge is -2.51. The summed E-state index contributed by atoms with van der Waals surface area (Å²) in [6.07, 6.45) is 0.842. The first-order valence-corrected chi connectivity index (χ1v) is 16.2. The van der Waals surface area contributed by atoms with Crippen LogP contribution in [0.5, 0.6) is 17.2 Å². The van der Waals surface area contributed by atoms with Gasteiger partial charge in [0.05, 0.1) is 32.6 Å². The highest BCUT2D eigenvalue weighted by atomic mass is 35.5. The van der Waals surface area contributed by atoms with Gasteiger partial charge < -0.3 is 14.6 Å². The number of imide groups is 2. The van der Waals surface area contributed by atoms with Crippen molar-refractivity contribution in [3.63, 3.8) is 0 Å². The van der Waals surface area contributed by atoms with E-state index < -0.39 is 98.2 Å². The van der Waals surface area contributed by atoms with E-state index in [9.17, 15) is 37.5 Å². The normalized spacial score (nSPS) is 28.5. The number of alkyl halides is 2. The zero-order valence-electron chi connectivity index (χ0n) is 26.5. The molecule has 0 radical (unpaired) electrons. The fourth-order valence-corrected chi connectivity index (χ4v) is 9.00. The average molecular weight is 751 g/mol. The van der Waals surface area contributed by atoms with Crippen molar-refractivity contribution in [3.8, 4) is 17.2 Å². The van der Waals surface area contributed by atoms with Gasteiger partial charge in [-0.1, -0.05) is 42.0 Å². The quantitative estimate of drug-likeness (QED) is 0.0838. The number of phenolic OH excluding ortho intramolecular Hbond substituents is 1. The maximum absolute atomic E-state index is 15.3. The molecule has 0 aromatic heterocycles. The Morgan fingerprint density at radius 2 is 1.39 bits per heavy atom. The number of benzene rings is 3. The molecule has 2 aliphatic heterocycles. The zero-order chi connectivity index (χ0) is 36.9. The number of phenols is 1. The van der Waals surface area contributed by atoms with Crippen molar-refractivity contribution in [2.45, 2.75) is 35.1 Å². The van der Waals surface area contributed by atoms with Crippen molar-refractivity contribution in [1.82, 2.24) is 4.90 Å². The minimum absolute atomic E-state index is 0.0443. The van der Waals surface area contributed by atoms with Crippen LogP contribution in [0.2, 0.25) is 0 Å². The van der Waals surface area contributed by atoms with Gasteiger partial charge in [-0.15, -0.1) is 23.2 Å². The molecule has 1 N–H and O–H groups in total. The maximum Gasteiger partial charge on any atom is 0.258 e. The van der Waals surface area contributed by atoms with Gasteiger partial charge >= 0.3 is 0 Å². The molecule has 2 heterocycles. The lowest BCUT2D eigenvalue weighted by molar-refractivity contribution is -0.141. The van der Waals surface area contributed by atoms with E-state index in [0.29, 0.717) is 5.56 Å². The number of anilines is 1. The first-order valence-electron chi connectivity index (χ1n) is 15.5. The molecule has 3 aromatic carbocycles. The van der Waals surface area contributed by atoms with Crippen molar-refractivity contribution in [2.24, 2.45) is 17.8 Å². The summed E-state index contributed by atoms with van der Waals surface area (Å²) in [5.74, 6) is -22.4. The third-order valence-electron chi connectivity index (χ3n) is 10.3. The Balaban J connectivity index is 1.46. The number of likely N-dealkylation sites (tertiary alicyclic amines) is 1. The second-order valence-corrected chi connectivity index (χ2v) is 13.9. The predicted octanol–water partition coefficient (Wildman–Crippen LogP) is 5.87. The highest BCUT2D eigenvalue weighted by Gasteiger charge is 2.77.